The SMILES string of the molecule is CCOC(=O)Cn1c(=O)c2ncccc2n(Cc2ccc(N)cc2)c1=O. The normalized spacial score (nSPS) is 10.8. The molecule has 0 saturated carbocycles. The van der Waals surface area contributed by atoms with E-state index in [4.69, 9.17) is 10.5 Å². The number of nitrogens with zero attached hydrogens (tertiary/aromatic N) is 3. The predicted octanol–water partition coefficient (Wildman–Crippen LogP) is 0.752. The summed E-state index contributed by atoms with van der Waals surface area (Å²) in [5.74, 6) is -0.652. The van der Waals surface area contributed by atoms with E-state index >= 15 is 0 Å². The number of hydrogen-bond acceptors (Lipinski definition) is 6. The second kappa shape index (κ2) is 7.22. The molecule has 0 saturated heterocycles. The minimum atomic E-state index is -0.652. The van der Waals surface area contributed by atoms with Gasteiger partial charge in [-0.3, -0.25) is 14.2 Å². The number of carbonyl (C=O) groups is 1. The first-order valence-corrected chi connectivity index (χ1v) is 8.09. The molecule has 0 fully saturated rings. The fourth-order valence-corrected chi connectivity index (χ4v) is 2.68. The van der Waals surface area contributed by atoms with Crippen molar-refractivity contribution in [1.82, 2.24) is 14.1 Å². The van der Waals surface area contributed by atoms with Gasteiger partial charge in [0, 0.05) is 11.9 Å². The van der Waals surface area contributed by atoms with Gasteiger partial charge in [-0.15, -0.1) is 0 Å². The highest BCUT2D eigenvalue weighted by atomic mass is 16.5. The Bertz CT molecular complexity index is 1070. The zero-order valence-electron chi connectivity index (χ0n) is 14.2. The highest BCUT2D eigenvalue weighted by Gasteiger charge is 2.16. The minimum absolute atomic E-state index is 0.117. The van der Waals surface area contributed by atoms with Crippen LogP contribution in [0.5, 0.6) is 0 Å². The van der Waals surface area contributed by atoms with Crippen molar-refractivity contribution in [3.8, 4) is 0 Å². The van der Waals surface area contributed by atoms with Crippen LogP contribution in [0.1, 0.15) is 12.5 Å². The topological polar surface area (TPSA) is 109 Å². The first-order chi connectivity index (χ1) is 12.5. The molecule has 26 heavy (non-hydrogen) atoms. The summed E-state index contributed by atoms with van der Waals surface area (Å²) in [6.07, 6.45) is 1.47. The number of hydrogen-bond donors (Lipinski definition) is 1. The molecule has 1 aromatic carbocycles. The van der Waals surface area contributed by atoms with E-state index in [0.29, 0.717) is 11.2 Å². The molecule has 0 unspecified atom stereocenters. The van der Waals surface area contributed by atoms with Gasteiger partial charge < -0.3 is 10.5 Å². The molecule has 134 valence electrons. The Kier molecular flexibility index (Phi) is 4.83. The number of benzene rings is 1. The number of nitrogens with two attached hydrogens (primary N) is 1. The molecule has 8 heteroatoms. The molecular formula is C18H18N4O4. The summed E-state index contributed by atoms with van der Waals surface area (Å²) >= 11 is 0. The van der Waals surface area contributed by atoms with Gasteiger partial charge in [-0.25, -0.2) is 14.3 Å². The molecule has 2 aromatic heterocycles. The zero-order valence-corrected chi connectivity index (χ0v) is 14.2. The number of pyridine rings is 1. The largest absolute Gasteiger partial charge is 0.465 e. The average molecular weight is 354 g/mol. The van der Waals surface area contributed by atoms with E-state index in [1.165, 1.54) is 10.8 Å². The Morgan fingerprint density at radius 3 is 2.58 bits per heavy atom. The third-order valence-electron chi connectivity index (χ3n) is 3.90. The van der Waals surface area contributed by atoms with E-state index in [2.05, 4.69) is 4.98 Å². The Morgan fingerprint density at radius 2 is 1.88 bits per heavy atom. The van der Waals surface area contributed by atoms with Gasteiger partial charge in [-0.05, 0) is 36.8 Å². The number of esters is 1. The monoisotopic (exact) mass is 354 g/mol. The van der Waals surface area contributed by atoms with Crippen LogP contribution in [0.15, 0.2) is 52.2 Å². The highest BCUT2D eigenvalue weighted by molar-refractivity contribution is 5.74. The van der Waals surface area contributed by atoms with Crippen LogP contribution >= 0.6 is 0 Å². The standard InChI is InChI=1S/C18H18N4O4/c1-2-26-15(23)11-22-17(24)16-14(4-3-9-20-16)21(18(22)25)10-12-5-7-13(19)8-6-12/h3-9H,2,10-11,19H2,1H3. The van der Waals surface area contributed by atoms with Crippen molar-refractivity contribution in [1.29, 1.82) is 0 Å². The Hall–Kier alpha value is -3.42. The summed E-state index contributed by atoms with van der Waals surface area (Å²) in [5.41, 5.74) is 6.43. The van der Waals surface area contributed by atoms with E-state index in [9.17, 15) is 14.4 Å². The first-order valence-electron chi connectivity index (χ1n) is 8.09. The maximum atomic E-state index is 12.9. The van der Waals surface area contributed by atoms with Crippen molar-refractivity contribution >= 4 is 22.7 Å². The van der Waals surface area contributed by atoms with Crippen molar-refractivity contribution in [3.05, 3.63) is 69.0 Å². The molecule has 0 amide bonds. The zero-order chi connectivity index (χ0) is 18.7. The summed E-state index contributed by atoms with van der Waals surface area (Å²) in [5, 5.41) is 0. The molecule has 0 aliphatic rings. The molecule has 2 N–H and O–H groups in total. The van der Waals surface area contributed by atoms with Gasteiger partial charge in [-0.1, -0.05) is 12.1 Å². The van der Waals surface area contributed by atoms with Gasteiger partial charge in [0.2, 0.25) is 0 Å². The minimum Gasteiger partial charge on any atom is -0.465 e. The molecular weight excluding hydrogens is 336 g/mol. The summed E-state index contributed by atoms with van der Waals surface area (Å²) in [6.45, 7) is 1.57. The molecule has 0 bridgehead atoms. The lowest BCUT2D eigenvalue weighted by molar-refractivity contribution is -0.143. The van der Waals surface area contributed by atoms with Crippen LogP contribution < -0.4 is 17.0 Å². The molecule has 8 nitrogen and oxygen atoms in total. The van der Waals surface area contributed by atoms with Crippen LogP contribution in [-0.4, -0.2) is 26.7 Å². The van der Waals surface area contributed by atoms with Gasteiger partial charge in [0.05, 0.1) is 18.7 Å². The second-order valence-corrected chi connectivity index (χ2v) is 5.68. The number of fused-ring (bicyclic) bond motifs is 1. The number of rotatable bonds is 5. The van der Waals surface area contributed by atoms with Crippen LogP contribution in [0.25, 0.3) is 11.0 Å². The van der Waals surface area contributed by atoms with Gasteiger partial charge in [0.25, 0.3) is 5.56 Å². The molecule has 2 heterocycles. The third-order valence-corrected chi connectivity index (χ3v) is 3.90. The summed E-state index contributed by atoms with van der Waals surface area (Å²) in [6, 6.07) is 10.4. The lowest BCUT2D eigenvalue weighted by atomic mass is 10.2. The quantitative estimate of drug-likeness (QED) is 0.535. The van der Waals surface area contributed by atoms with E-state index in [0.717, 1.165) is 10.1 Å². The highest BCUT2D eigenvalue weighted by Crippen LogP contribution is 2.10. The van der Waals surface area contributed by atoms with E-state index in [1.54, 1.807) is 43.3 Å². The van der Waals surface area contributed by atoms with Crippen molar-refractivity contribution in [3.63, 3.8) is 0 Å². The molecule has 0 radical (unpaired) electrons. The second-order valence-electron chi connectivity index (χ2n) is 5.68. The van der Waals surface area contributed by atoms with E-state index < -0.39 is 23.8 Å². The fourth-order valence-electron chi connectivity index (χ4n) is 2.68. The van der Waals surface area contributed by atoms with E-state index in [-0.39, 0.29) is 18.7 Å². The lowest BCUT2D eigenvalue weighted by Crippen LogP contribution is -2.42. The van der Waals surface area contributed by atoms with E-state index in [1.807, 2.05) is 0 Å². The lowest BCUT2D eigenvalue weighted by Gasteiger charge is -2.13. The van der Waals surface area contributed by atoms with Crippen molar-refractivity contribution in [2.75, 3.05) is 12.3 Å². The predicted molar refractivity (Wildman–Crippen MR) is 96.9 cm³/mol. The number of ether oxygens (including phenoxy) is 1. The maximum absolute atomic E-state index is 12.9. The molecule has 0 aliphatic heterocycles. The van der Waals surface area contributed by atoms with Gasteiger partial charge in [-0.2, -0.15) is 0 Å². The van der Waals surface area contributed by atoms with Crippen LogP contribution in [0.4, 0.5) is 5.69 Å². The molecule has 0 atom stereocenters. The van der Waals surface area contributed by atoms with Gasteiger partial charge in [0.15, 0.2) is 5.52 Å². The van der Waals surface area contributed by atoms with Gasteiger partial charge in [0.1, 0.15) is 6.54 Å². The summed E-state index contributed by atoms with van der Waals surface area (Å²) in [4.78, 5) is 41.4. The van der Waals surface area contributed by atoms with Crippen molar-refractivity contribution < 1.29 is 9.53 Å². The Morgan fingerprint density at radius 1 is 1.15 bits per heavy atom. The van der Waals surface area contributed by atoms with Crippen molar-refractivity contribution in [2.24, 2.45) is 0 Å². The average Bonchev–Trinajstić information content (AvgIpc) is 2.64. The number of anilines is 1. The first kappa shape index (κ1) is 17.4. The third kappa shape index (κ3) is 3.34. The Labute approximate surface area is 148 Å². The fraction of sp³-hybridized carbons (Fsp3) is 0.222. The van der Waals surface area contributed by atoms with Crippen LogP contribution in [0.2, 0.25) is 0 Å². The number of aromatic nitrogens is 3. The molecule has 3 rings (SSSR count). The maximum Gasteiger partial charge on any atom is 0.332 e. The molecule has 0 aliphatic carbocycles. The van der Waals surface area contributed by atoms with Gasteiger partial charge >= 0.3 is 11.7 Å². The summed E-state index contributed by atoms with van der Waals surface area (Å²) in [7, 11) is 0. The van der Waals surface area contributed by atoms with Crippen LogP contribution in [0.3, 0.4) is 0 Å². The number of nitrogen functional groups attached to an aromatic ring is 1. The molecule has 3 aromatic rings. The smallest absolute Gasteiger partial charge is 0.332 e. The van der Waals surface area contributed by atoms with Crippen LogP contribution in [-0.2, 0) is 22.6 Å². The summed E-state index contributed by atoms with van der Waals surface area (Å²) < 4.78 is 7.12. The Balaban J connectivity index is 2.17. The van der Waals surface area contributed by atoms with Crippen molar-refractivity contribution in [2.45, 2.75) is 20.0 Å². The van der Waals surface area contributed by atoms with Crippen LogP contribution in [0, 0.1) is 0 Å². The number of carbonyl (C=O) groups excluding carboxylic acids is 1. The molecule has 0 spiro atoms.